The van der Waals surface area contributed by atoms with Gasteiger partial charge in [0.2, 0.25) is 0 Å². The zero-order valence-electron chi connectivity index (χ0n) is 14.2. The standard InChI is InChI=1S/C19H32N2/c1-15(14-18-8-6-5-7-13-20-18)21-17-11-9-16(10-12-17)19(2,3)4/h9-12,15,18,20-21H,5-8,13-14H2,1-4H3. The lowest BCUT2D eigenvalue weighted by atomic mass is 9.87. The number of anilines is 1. The molecule has 2 rings (SSSR count). The maximum Gasteiger partial charge on any atom is 0.0342 e. The summed E-state index contributed by atoms with van der Waals surface area (Å²) in [4.78, 5) is 0. The van der Waals surface area contributed by atoms with Gasteiger partial charge in [0.15, 0.2) is 0 Å². The molecule has 21 heavy (non-hydrogen) atoms. The molecule has 0 amide bonds. The maximum atomic E-state index is 3.69. The minimum absolute atomic E-state index is 0.231. The molecule has 1 aliphatic rings. The number of nitrogens with one attached hydrogen (secondary N) is 2. The summed E-state index contributed by atoms with van der Waals surface area (Å²) in [7, 11) is 0. The Morgan fingerprint density at radius 1 is 1.14 bits per heavy atom. The molecule has 1 aliphatic heterocycles. The molecule has 2 N–H and O–H groups in total. The van der Waals surface area contributed by atoms with Crippen molar-refractivity contribution in [1.82, 2.24) is 5.32 Å². The summed E-state index contributed by atoms with van der Waals surface area (Å²) >= 11 is 0. The summed E-state index contributed by atoms with van der Waals surface area (Å²) in [5.41, 5.74) is 2.87. The minimum Gasteiger partial charge on any atom is -0.383 e. The van der Waals surface area contributed by atoms with Gasteiger partial charge in [0.25, 0.3) is 0 Å². The van der Waals surface area contributed by atoms with E-state index in [1.165, 1.54) is 49.9 Å². The van der Waals surface area contributed by atoms with E-state index in [9.17, 15) is 0 Å². The van der Waals surface area contributed by atoms with Crippen molar-refractivity contribution in [3.63, 3.8) is 0 Å². The second kappa shape index (κ2) is 7.31. The Morgan fingerprint density at radius 3 is 2.52 bits per heavy atom. The van der Waals surface area contributed by atoms with Crippen molar-refractivity contribution in [2.45, 2.75) is 77.3 Å². The van der Waals surface area contributed by atoms with E-state index in [2.05, 4.69) is 62.6 Å². The smallest absolute Gasteiger partial charge is 0.0342 e. The quantitative estimate of drug-likeness (QED) is 0.838. The normalized spacial score (nSPS) is 21.6. The molecule has 0 radical (unpaired) electrons. The van der Waals surface area contributed by atoms with Gasteiger partial charge in [0.05, 0.1) is 0 Å². The van der Waals surface area contributed by atoms with Crippen LogP contribution in [-0.2, 0) is 5.41 Å². The van der Waals surface area contributed by atoms with E-state index in [1.54, 1.807) is 0 Å². The predicted molar refractivity (Wildman–Crippen MR) is 93.1 cm³/mol. The highest BCUT2D eigenvalue weighted by Gasteiger charge is 2.16. The number of rotatable bonds is 4. The number of benzene rings is 1. The Labute approximate surface area is 130 Å². The molecule has 2 atom stereocenters. The Morgan fingerprint density at radius 2 is 1.86 bits per heavy atom. The van der Waals surface area contributed by atoms with Crippen molar-refractivity contribution in [1.29, 1.82) is 0 Å². The number of hydrogen-bond acceptors (Lipinski definition) is 2. The van der Waals surface area contributed by atoms with Gasteiger partial charge in [-0.15, -0.1) is 0 Å². The van der Waals surface area contributed by atoms with E-state index in [0.717, 1.165) is 0 Å². The Hall–Kier alpha value is -1.02. The van der Waals surface area contributed by atoms with Crippen LogP contribution in [0.15, 0.2) is 24.3 Å². The summed E-state index contributed by atoms with van der Waals surface area (Å²) in [6.07, 6.45) is 6.65. The van der Waals surface area contributed by atoms with Crippen LogP contribution in [0.25, 0.3) is 0 Å². The Balaban J connectivity index is 1.85. The lowest BCUT2D eigenvalue weighted by Gasteiger charge is -2.23. The Kier molecular flexibility index (Phi) is 5.69. The average Bonchev–Trinajstić information content (AvgIpc) is 2.67. The fourth-order valence-corrected chi connectivity index (χ4v) is 3.14. The monoisotopic (exact) mass is 288 g/mol. The van der Waals surface area contributed by atoms with E-state index >= 15 is 0 Å². The maximum absolute atomic E-state index is 3.69. The van der Waals surface area contributed by atoms with Crippen molar-refractivity contribution in [2.24, 2.45) is 0 Å². The minimum atomic E-state index is 0.231. The SMILES string of the molecule is CC(CC1CCCCCN1)Nc1ccc(C(C)(C)C)cc1. The van der Waals surface area contributed by atoms with E-state index < -0.39 is 0 Å². The van der Waals surface area contributed by atoms with Crippen LogP contribution in [-0.4, -0.2) is 18.6 Å². The molecule has 2 heteroatoms. The molecule has 2 nitrogen and oxygen atoms in total. The predicted octanol–water partition coefficient (Wildman–Crippen LogP) is 4.71. The first-order chi connectivity index (χ1) is 9.95. The topological polar surface area (TPSA) is 24.1 Å². The molecule has 1 saturated heterocycles. The molecule has 0 aliphatic carbocycles. The molecule has 1 fully saturated rings. The highest BCUT2D eigenvalue weighted by atomic mass is 15.0. The van der Waals surface area contributed by atoms with Crippen molar-refractivity contribution < 1.29 is 0 Å². The van der Waals surface area contributed by atoms with Gasteiger partial charge in [-0.3, -0.25) is 0 Å². The zero-order valence-corrected chi connectivity index (χ0v) is 14.2. The summed E-state index contributed by atoms with van der Waals surface area (Å²) < 4.78 is 0. The second-order valence-corrected chi connectivity index (χ2v) is 7.61. The summed E-state index contributed by atoms with van der Waals surface area (Å²) in [5, 5.41) is 7.34. The second-order valence-electron chi connectivity index (χ2n) is 7.61. The molecule has 0 aromatic heterocycles. The first-order valence-electron chi connectivity index (χ1n) is 8.55. The van der Waals surface area contributed by atoms with Crippen LogP contribution in [0.4, 0.5) is 5.69 Å². The van der Waals surface area contributed by atoms with Gasteiger partial charge in [-0.05, 0) is 55.8 Å². The van der Waals surface area contributed by atoms with E-state index in [4.69, 9.17) is 0 Å². The molecular weight excluding hydrogens is 256 g/mol. The molecule has 2 unspecified atom stereocenters. The molecule has 0 bridgehead atoms. The van der Waals surface area contributed by atoms with Gasteiger partial charge >= 0.3 is 0 Å². The lowest BCUT2D eigenvalue weighted by Crippen LogP contribution is -2.33. The van der Waals surface area contributed by atoms with E-state index in [0.29, 0.717) is 12.1 Å². The number of hydrogen-bond donors (Lipinski definition) is 2. The van der Waals surface area contributed by atoms with Crippen LogP contribution in [0, 0.1) is 0 Å². The van der Waals surface area contributed by atoms with Crippen LogP contribution >= 0.6 is 0 Å². The van der Waals surface area contributed by atoms with Crippen molar-refractivity contribution >= 4 is 5.69 Å². The van der Waals surface area contributed by atoms with Gasteiger partial charge < -0.3 is 10.6 Å². The molecule has 1 aromatic carbocycles. The first-order valence-corrected chi connectivity index (χ1v) is 8.55. The Bertz CT molecular complexity index is 408. The van der Waals surface area contributed by atoms with Gasteiger partial charge in [-0.25, -0.2) is 0 Å². The van der Waals surface area contributed by atoms with E-state index in [1.807, 2.05) is 0 Å². The largest absolute Gasteiger partial charge is 0.383 e. The first kappa shape index (κ1) is 16.4. The summed E-state index contributed by atoms with van der Waals surface area (Å²) in [6, 6.07) is 10.1. The highest BCUT2D eigenvalue weighted by Crippen LogP contribution is 2.24. The van der Waals surface area contributed by atoms with Gasteiger partial charge in [-0.2, -0.15) is 0 Å². The van der Waals surface area contributed by atoms with Crippen molar-refractivity contribution in [3.05, 3.63) is 29.8 Å². The molecule has 1 aromatic rings. The molecule has 0 spiro atoms. The van der Waals surface area contributed by atoms with E-state index in [-0.39, 0.29) is 5.41 Å². The third kappa shape index (κ3) is 5.35. The highest BCUT2D eigenvalue weighted by molar-refractivity contribution is 5.46. The third-order valence-electron chi connectivity index (χ3n) is 4.46. The summed E-state index contributed by atoms with van der Waals surface area (Å²) in [5.74, 6) is 0. The van der Waals surface area contributed by atoms with Crippen LogP contribution in [0.2, 0.25) is 0 Å². The molecular formula is C19H32N2. The molecule has 0 saturated carbocycles. The van der Waals surface area contributed by atoms with Gasteiger partial charge in [0, 0.05) is 17.8 Å². The molecule has 1 heterocycles. The van der Waals surface area contributed by atoms with Crippen molar-refractivity contribution in [2.75, 3.05) is 11.9 Å². The van der Waals surface area contributed by atoms with Crippen LogP contribution in [0.5, 0.6) is 0 Å². The fourth-order valence-electron chi connectivity index (χ4n) is 3.14. The van der Waals surface area contributed by atoms with Crippen LogP contribution in [0.3, 0.4) is 0 Å². The average molecular weight is 288 g/mol. The zero-order chi connectivity index (χ0) is 15.3. The fraction of sp³-hybridized carbons (Fsp3) is 0.684. The van der Waals surface area contributed by atoms with Crippen LogP contribution < -0.4 is 10.6 Å². The molecule has 118 valence electrons. The lowest BCUT2D eigenvalue weighted by molar-refractivity contribution is 0.456. The third-order valence-corrected chi connectivity index (χ3v) is 4.46. The van der Waals surface area contributed by atoms with Gasteiger partial charge in [-0.1, -0.05) is 45.7 Å². The van der Waals surface area contributed by atoms with Gasteiger partial charge in [0.1, 0.15) is 0 Å². The van der Waals surface area contributed by atoms with Crippen LogP contribution in [0.1, 0.15) is 65.4 Å². The summed E-state index contributed by atoms with van der Waals surface area (Å²) in [6.45, 7) is 10.3. The van der Waals surface area contributed by atoms with Crippen molar-refractivity contribution in [3.8, 4) is 0 Å².